The molecule has 0 spiro atoms. The molecule has 1 aliphatic heterocycles. The molecule has 0 saturated carbocycles. The topological polar surface area (TPSA) is 97.8 Å². The second-order valence-corrected chi connectivity index (χ2v) is 9.89. The average Bonchev–Trinajstić information content (AvgIpc) is 3.21. The highest BCUT2D eigenvalue weighted by Crippen LogP contribution is 2.36. The minimum absolute atomic E-state index is 0.00984. The molecule has 32 heavy (non-hydrogen) atoms. The van der Waals surface area contributed by atoms with Gasteiger partial charge < -0.3 is 14.4 Å². The van der Waals surface area contributed by atoms with E-state index in [1.807, 2.05) is 19.9 Å². The van der Waals surface area contributed by atoms with Crippen LogP contribution in [0.2, 0.25) is 0 Å². The van der Waals surface area contributed by atoms with Gasteiger partial charge in [0.2, 0.25) is 0 Å². The van der Waals surface area contributed by atoms with E-state index >= 15 is 0 Å². The molecule has 0 aliphatic carbocycles. The number of anilines is 2. The van der Waals surface area contributed by atoms with Gasteiger partial charge in [-0.3, -0.25) is 9.52 Å². The maximum absolute atomic E-state index is 13.0. The van der Waals surface area contributed by atoms with Gasteiger partial charge in [-0.05, 0) is 62.2 Å². The molecule has 0 bridgehead atoms. The van der Waals surface area contributed by atoms with Gasteiger partial charge in [-0.1, -0.05) is 0 Å². The van der Waals surface area contributed by atoms with Gasteiger partial charge in [0.15, 0.2) is 11.7 Å². The van der Waals surface area contributed by atoms with E-state index in [0.29, 0.717) is 35.1 Å². The summed E-state index contributed by atoms with van der Waals surface area (Å²) in [5, 5.41) is 2.02. The van der Waals surface area contributed by atoms with Crippen molar-refractivity contribution in [2.24, 2.45) is 0 Å². The molecular weight excluding hydrogens is 450 g/mol. The summed E-state index contributed by atoms with van der Waals surface area (Å²) >= 11 is 1.19. The van der Waals surface area contributed by atoms with Crippen LogP contribution in [0.3, 0.4) is 0 Å². The van der Waals surface area contributed by atoms with Crippen LogP contribution in [0.1, 0.15) is 18.1 Å². The number of amides is 1. The first-order valence-electron chi connectivity index (χ1n) is 9.95. The van der Waals surface area contributed by atoms with Crippen molar-refractivity contribution >= 4 is 38.1 Å². The Hall–Kier alpha value is -3.11. The maximum atomic E-state index is 13.0. The van der Waals surface area contributed by atoms with E-state index < -0.39 is 10.0 Å². The average molecular weight is 474 g/mol. The summed E-state index contributed by atoms with van der Waals surface area (Å²) < 4.78 is 39.6. The zero-order chi connectivity index (χ0) is 23.0. The third kappa shape index (κ3) is 4.15. The maximum Gasteiger partial charge on any atom is 0.264 e. The lowest BCUT2D eigenvalue weighted by Crippen LogP contribution is -2.35. The van der Waals surface area contributed by atoms with Crippen LogP contribution >= 0.6 is 11.3 Å². The molecule has 0 radical (unpaired) electrons. The van der Waals surface area contributed by atoms with Crippen molar-refractivity contribution in [3.63, 3.8) is 0 Å². The van der Waals surface area contributed by atoms with E-state index in [0.717, 1.165) is 11.1 Å². The highest BCUT2D eigenvalue weighted by molar-refractivity contribution is 7.93. The summed E-state index contributed by atoms with van der Waals surface area (Å²) in [6.45, 7) is 5.94. The van der Waals surface area contributed by atoms with Gasteiger partial charge in [0.25, 0.3) is 15.9 Å². The standard InChI is InChI=1S/C22H23N3O5S2/c1-5-29-19-8-14(3)20(9-13(19)2)32(27,28)24-22-23-16(12-31-22)15-6-7-18-17(10-15)25(4)21(26)11-30-18/h6-10,12H,5,11H2,1-4H3,(H,23,24). The van der Waals surface area contributed by atoms with E-state index in [1.165, 1.54) is 16.2 Å². The molecule has 1 N–H and O–H groups in total. The highest BCUT2D eigenvalue weighted by Gasteiger charge is 2.24. The molecule has 10 heteroatoms. The molecule has 2 aromatic carbocycles. The quantitative estimate of drug-likeness (QED) is 0.582. The van der Waals surface area contributed by atoms with Crippen LogP contribution in [0.25, 0.3) is 11.3 Å². The number of aromatic nitrogens is 1. The molecular formula is C22H23N3O5S2. The molecule has 0 fully saturated rings. The van der Waals surface area contributed by atoms with Gasteiger partial charge in [0.1, 0.15) is 11.5 Å². The van der Waals surface area contributed by atoms with Crippen LogP contribution in [0, 0.1) is 13.8 Å². The number of benzene rings is 2. The van der Waals surface area contributed by atoms with E-state index in [9.17, 15) is 13.2 Å². The van der Waals surface area contributed by atoms with Gasteiger partial charge in [0, 0.05) is 18.0 Å². The number of carbonyl (C=O) groups excluding carboxylic acids is 1. The Bertz CT molecular complexity index is 1300. The van der Waals surface area contributed by atoms with Crippen LogP contribution in [0.5, 0.6) is 11.5 Å². The fourth-order valence-corrected chi connectivity index (χ4v) is 5.70. The van der Waals surface area contributed by atoms with Crippen molar-refractivity contribution < 1.29 is 22.7 Å². The van der Waals surface area contributed by atoms with Crippen molar-refractivity contribution in [3.05, 3.63) is 46.8 Å². The van der Waals surface area contributed by atoms with Gasteiger partial charge >= 0.3 is 0 Å². The number of sulfonamides is 1. The zero-order valence-corrected chi connectivity index (χ0v) is 19.8. The number of carbonyl (C=O) groups is 1. The number of nitrogens with zero attached hydrogens (tertiary/aromatic N) is 2. The number of hydrogen-bond donors (Lipinski definition) is 1. The summed E-state index contributed by atoms with van der Waals surface area (Å²) in [5.74, 6) is 1.15. The number of aryl methyl sites for hydroxylation is 2. The first kappa shape index (κ1) is 22.1. The van der Waals surface area contributed by atoms with Gasteiger partial charge in [-0.15, -0.1) is 11.3 Å². The Balaban J connectivity index is 1.60. The molecule has 0 atom stereocenters. The molecule has 0 saturated heterocycles. The lowest BCUT2D eigenvalue weighted by molar-refractivity contribution is -0.120. The van der Waals surface area contributed by atoms with Crippen LogP contribution in [0.4, 0.5) is 10.8 Å². The number of nitrogens with one attached hydrogen (secondary N) is 1. The van der Waals surface area contributed by atoms with Crippen molar-refractivity contribution in [1.29, 1.82) is 0 Å². The largest absolute Gasteiger partial charge is 0.494 e. The fourth-order valence-electron chi connectivity index (χ4n) is 3.42. The predicted octanol–water partition coefficient (Wildman–Crippen LogP) is 3.98. The van der Waals surface area contributed by atoms with Gasteiger partial charge in [-0.2, -0.15) is 0 Å². The minimum Gasteiger partial charge on any atom is -0.494 e. The number of hydrogen-bond acceptors (Lipinski definition) is 7. The Morgan fingerprint density at radius 2 is 2.00 bits per heavy atom. The number of fused-ring (bicyclic) bond motifs is 1. The van der Waals surface area contributed by atoms with E-state index in [4.69, 9.17) is 9.47 Å². The molecule has 168 valence electrons. The second-order valence-electron chi connectivity index (χ2n) is 7.38. The Morgan fingerprint density at radius 3 is 2.75 bits per heavy atom. The number of thiazole rings is 1. The zero-order valence-electron chi connectivity index (χ0n) is 18.1. The first-order valence-corrected chi connectivity index (χ1v) is 12.3. The number of likely N-dealkylation sites (N-methyl/N-ethyl adjacent to an activating group) is 1. The highest BCUT2D eigenvalue weighted by atomic mass is 32.2. The number of rotatable bonds is 6. The van der Waals surface area contributed by atoms with Crippen LogP contribution < -0.4 is 19.1 Å². The smallest absolute Gasteiger partial charge is 0.264 e. The van der Waals surface area contributed by atoms with Crippen LogP contribution in [-0.2, 0) is 14.8 Å². The SMILES string of the molecule is CCOc1cc(C)c(S(=O)(=O)Nc2nc(-c3ccc4c(c3)N(C)C(=O)CO4)cs2)cc1C. The molecule has 1 amide bonds. The molecule has 2 heterocycles. The van der Waals surface area contributed by atoms with Gasteiger partial charge in [0.05, 0.1) is 22.9 Å². The Kier molecular flexibility index (Phi) is 5.83. The summed E-state index contributed by atoms with van der Waals surface area (Å²) in [6, 6.07) is 8.75. The number of ether oxygens (including phenoxy) is 2. The van der Waals surface area contributed by atoms with Gasteiger partial charge in [-0.25, -0.2) is 13.4 Å². The monoisotopic (exact) mass is 473 g/mol. The molecule has 4 rings (SSSR count). The van der Waals surface area contributed by atoms with E-state index in [2.05, 4.69) is 9.71 Å². The van der Waals surface area contributed by atoms with Crippen molar-refractivity contribution in [1.82, 2.24) is 4.98 Å². The molecule has 8 nitrogen and oxygen atoms in total. The summed E-state index contributed by atoms with van der Waals surface area (Å²) in [7, 11) is -2.14. The van der Waals surface area contributed by atoms with Crippen molar-refractivity contribution in [2.75, 3.05) is 29.9 Å². The normalized spacial score (nSPS) is 13.5. The first-order chi connectivity index (χ1) is 15.2. The summed E-state index contributed by atoms with van der Waals surface area (Å²) in [4.78, 5) is 18.1. The van der Waals surface area contributed by atoms with E-state index in [-0.39, 0.29) is 22.5 Å². The van der Waals surface area contributed by atoms with Crippen LogP contribution in [0.15, 0.2) is 40.6 Å². The molecule has 1 aliphatic rings. The van der Waals surface area contributed by atoms with Crippen molar-refractivity contribution in [2.45, 2.75) is 25.7 Å². The van der Waals surface area contributed by atoms with Crippen LogP contribution in [-0.4, -0.2) is 39.6 Å². The summed E-state index contributed by atoms with van der Waals surface area (Å²) in [6.07, 6.45) is 0. The third-order valence-corrected chi connectivity index (χ3v) is 7.50. The Labute approximate surface area is 190 Å². The third-order valence-electron chi connectivity index (χ3n) is 5.13. The lowest BCUT2D eigenvalue weighted by Gasteiger charge is -2.26. The molecule has 3 aromatic rings. The molecule has 1 aromatic heterocycles. The Morgan fingerprint density at radius 1 is 1.22 bits per heavy atom. The fraction of sp³-hybridized carbons (Fsp3) is 0.273. The van der Waals surface area contributed by atoms with E-state index in [1.54, 1.807) is 43.6 Å². The summed E-state index contributed by atoms with van der Waals surface area (Å²) in [5.41, 5.74) is 3.33. The lowest BCUT2D eigenvalue weighted by atomic mass is 10.1. The second kappa shape index (κ2) is 8.44. The minimum atomic E-state index is -3.83. The molecule has 0 unspecified atom stereocenters. The van der Waals surface area contributed by atoms with Crippen molar-refractivity contribution in [3.8, 4) is 22.8 Å². The predicted molar refractivity (Wildman–Crippen MR) is 124 cm³/mol.